The van der Waals surface area contributed by atoms with Gasteiger partial charge in [-0.25, -0.2) is 14.7 Å². The fraction of sp³-hybridized carbons (Fsp3) is 0.281. The monoisotopic (exact) mass is 654 g/mol. The van der Waals surface area contributed by atoms with Crippen molar-refractivity contribution in [2.75, 3.05) is 13.0 Å². The minimum Gasteiger partial charge on any atom is -0.497 e. The molecule has 0 unspecified atom stereocenters. The smallest absolute Gasteiger partial charge is 0.497 e. The molecule has 0 bridgehead atoms. The number of aromatic nitrogens is 3. The summed E-state index contributed by atoms with van der Waals surface area (Å²) in [6, 6.07) is 16.4. The summed E-state index contributed by atoms with van der Waals surface area (Å²) in [5.74, 6) is 0.555. The van der Waals surface area contributed by atoms with Crippen LogP contribution >= 0.6 is 11.8 Å². The number of benzene rings is 3. The SMILES string of the molecule is COc1cc(C)c(N=C(N/N=C\c2ccc(-c3ncn(-c4ccc(OC(F)(F)F)cc4)n3)cc2)SCOC(=O)C(C)(C)C)c(C)c1. The molecule has 1 aromatic heterocycles. The number of methoxy groups -OCH3 is 1. The molecule has 0 atom stereocenters. The van der Waals surface area contributed by atoms with Crippen LogP contribution in [0.15, 0.2) is 77.1 Å². The van der Waals surface area contributed by atoms with Gasteiger partial charge in [0.2, 0.25) is 0 Å². The first-order valence-corrected chi connectivity index (χ1v) is 14.9. The van der Waals surface area contributed by atoms with Gasteiger partial charge < -0.3 is 14.2 Å². The van der Waals surface area contributed by atoms with Crippen LogP contribution in [0.5, 0.6) is 11.5 Å². The van der Waals surface area contributed by atoms with Crippen LogP contribution in [0.2, 0.25) is 0 Å². The highest BCUT2D eigenvalue weighted by atomic mass is 32.2. The lowest BCUT2D eigenvalue weighted by Gasteiger charge is -2.16. The van der Waals surface area contributed by atoms with Crippen molar-refractivity contribution >= 4 is 34.8 Å². The number of halogens is 3. The molecule has 1 N–H and O–H groups in total. The normalized spacial score (nSPS) is 12.3. The van der Waals surface area contributed by atoms with Crippen molar-refractivity contribution in [3.05, 3.63) is 83.7 Å². The molecule has 4 rings (SSSR count). The van der Waals surface area contributed by atoms with E-state index in [1.54, 1.807) is 34.1 Å². The first kappa shape index (κ1) is 34.0. The summed E-state index contributed by atoms with van der Waals surface area (Å²) in [6.45, 7) is 9.22. The van der Waals surface area contributed by atoms with Crippen molar-refractivity contribution < 1.29 is 32.2 Å². The number of rotatable bonds is 9. The molecule has 242 valence electrons. The molecule has 0 aliphatic heterocycles. The molecule has 0 saturated heterocycles. The largest absolute Gasteiger partial charge is 0.573 e. The molecule has 1 heterocycles. The third kappa shape index (κ3) is 9.57. The highest BCUT2D eigenvalue weighted by Gasteiger charge is 2.31. The molecule has 0 amide bonds. The Labute approximate surface area is 268 Å². The summed E-state index contributed by atoms with van der Waals surface area (Å²) in [5, 5.41) is 9.20. The second-order valence-corrected chi connectivity index (χ2v) is 11.9. The van der Waals surface area contributed by atoms with Gasteiger partial charge in [0.1, 0.15) is 23.8 Å². The Morgan fingerprint density at radius 3 is 2.24 bits per heavy atom. The fourth-order valence-electron chi connectivity index (χ4n) is 3.96. The summed E-state index contributed by atoms with van der Waals surface area (Å²) in [6.07, 6.45) is -1.68. The van der Waals surface area contributed by atoms with Crippen molar-refractivity contribution in [2.24, 2.45) is 15.5 Å². The van der Waals surface area contributed by atoms with E-state index in [0.29, 0.717) is 16.7 Å². The molecule has 0 fully saturated rings. The summed E-state index contributed by atoms with van der Waals surface area (Å²) in [7, 11) is 1.61. The lowest BCUT2D eigenvalue weighted by Crippen LogP contribution is -2.24. The van der Waals surface area contributed by atoms with E-state index in [1.165, 1.54) is 47.0 Å². The molecule has 0 spiro atoms. The predicted molar refractivity (Wildman–Crippen MR) is 172 cm³/mol. The molecule has 14 heteroatoms. The molecular formula is C32H33F3N6O4S. The highest BCUT2D eigenvalue weighted by Crippen LogP contribution is 2.30. The second-order valence-electron chi connectivity index (χ2n) is 11.0. The average Bonchev–Trinajstić information content (AvgIpc) is 3.48. The number of aliphatic imine (C=N–C) groups is 1. The van der Waals surface area contributed by atoms with Gasteiger partial charge in [-0.2, -0.15) is 5.10 Å². The van der Waals surface area contributed by atoms with Gasteiger partial charge in [0.25, 0.3) is 0 Å². The minimum atomic E-state index is -4.76. The van der Waals surface area contributed by atoms with Crippen molar-refractivity contribution in [3.63, 3.8) is 0 Å². The van der Waals surface area contributed by atoms with Gasteiger partial charge in [0.05, 0.1) is 30.1 Å². The Morgan fingerprint density at radius 1 is 1.00 bits per heavy atom. The standard InChI is InChI=1S/C32H33F3N6O4S/c1-20-15-26(43-6)16-21(2)27(20)38-30(46-19-44-29(42)31(3,4)5)39-37-17-22-7-9-23(10-8-22)28-36-18-41(40-28)24-11-13-25(14-12-24)45-32(33,34)35/h7-18H,19H2,1-6H3,(H,38,39)/b37-17-. The molecule has 0 radical (unpaired) electrons. The Balaban J connectivity index is 1.45. The Hall–Kier alpha value is -4.85. The quantitative estimate of drug-likeness (QED) is 0.0656. The van der Waals surface area contributed by atoms with Crippen molar-refractivity contribution in [1.29, 1.82) is 0 Å². The summed E-state index contributed by atoms with van der Waals surface area (Å²) < 4.78 is 53.4. The maximum atomic E-state index is 12.4. The molecule has 4 aromatic rings. The number of carbonyl (C=O) groups is 1. The number of hydrogen-bond donors (Lipinski definition) is 1. The van der Waals surface area contributed by atoms with E-state index in [1.807, 2.05) is 50.2 Å². The number of thioether (sulfide) groups is 1. The highest BCUT2D eigenvalue weighted by molar-refractivity contribution is 8.13. The van der Waals surface area contributed by atoms with Crippen molar-refractivity contribution in [3.8, 4) is 28.6 Å². The van der Waals surface area contributed by atoms with E-state index < -0.39 is 11.8 Å². The molecule has 0 aliphatic rings. The summed E-state index contributed by atoms with van der Waals surface area (Å²) in [4.78, 5) is 21.3. The number of carbonyl (C=O) groups excluding carboxylic acids is 1. The van der Waals surface area contributed by atoms with Crippen LogP contribution in [0.4, 0.5) is 18.9 Å². The van der Waals surface area contributed by atoms with Crippen molar-refractivity contribution in [1.82, 2.24) is 20.2 Å². The summed E-state index contributed by atoms with van der Waals surface area (Å²) >= 11 is 1.20. The lowest BCUT2D eigenvalue weighted by molar-refractivity contribution is -0.274. The molecule has 0 saturated carbocycles. The number of esters is 1. The maximum Gasteiger partial charge on any atom is 0.573 e. The third-order valence-corrected chi connectivity index (χ3v) is 6.97. The summed E-state index contributed by atoms with van der Waals surface area (Å²) in [5.41, 5.74) is 6.91. The van der Waals surface area contributed by atoms with E-state index in [2.05, 4.69) is 25.3 Å². The molecule has 3 aromatic carbocycles. The van der Waals surface area contributed by atoms with Gasteiger partial charge >= 0.3 is 12.3 Å². The van der Waals surface area contributed by atoms with Crippen LogP contribution in [-0.2, 0) is 9.53 Å². The predicted octanol–water partition coefficient (Wildman–Crippen LogP) is 7.35. The van der Waals surface area contributed by atoms with E-state index in [0.717, 1.165) is 33.7 Å². The number of nitrogens with zero attached hydrogens (tertiary/aromatic N) is 5. The van der Waals surface area contributed by atoms with Gasteiger partial charge in [-0.05, 0) is 99.5 Å². The number of alkyl halides is 3. The number of ether oxygens (including phenoxy) is 3. The van der Waals surface area contributed by atoms with Crippen LogP contribution in [0.1, 0.15) is 37.5 Å². The van der Waals surface area contributed by atoms with E-state index in [-0.39, 0.29) is 17.7 Å². The minimum absolute atomic E-state index is 0.0472. The lowest BCUT2D eigenvalue weighted by atomic mass is 9.98. The number of amidine groups is 1. The number of hydrogen-bond acceptors (Lipinski definition) is 9. The van der Waals surface area contributed by atoms with Crippen molar-refractivity contribution in [2.45, 2.75) is 41.0 Å². The average molecular weight is 655 g/mol. The number of hydrazone groups is 1. The van der Waals surface area contributed by atoms with E-state index in [4.69, 9.17) is 14.5 Å². The van der Waals surface area contributed by atoms with Gasteiger partial charge in [-0.15, -0.1) is 18.3 Å². The maximum absolute atomic E-state index is 12.4. The molecule has 10 nitrogen and oxygen atoms in total. The number of nitrogens with one attached hydrogen (secondary N) is 1. The molecular weight excluding hydrogens is 621 g/mol. The first-order valence-electron chi connectivity index (χ1n) is 13.9. The van der Waals surface area contributed by atoms with Gasteiger partial charge in [0.15, 0.2) is 11.0 Å². The van der Waals surface area contributed by atoms with E-state index >= 15 is 0 Å². The fourth-order valence-corrected chi connectivity index (χ4v) is 4.51. The Kier molecular flexibility index (Phi) is 10.7. The second kappa shape index (κ2) is 14.5. The van der Waals surface area contributed by atoms with Crippen LogP contribution in [-0.4, -0.2) is 51.5 Å². The number of aryl methyl sites for hydroxylation is 2. The van der Waals surface area contributed by atoms with Crippen LogP contribution in [0.3, 0.4) is 0 Å². The zero-order chi connectivity index (χ0) is 33.5. The Morgan fingerprint density at radius 2 is 1.65 bits per heavy atom. The van der Waals surface area contributed by atoms with E-state index in [9.17, 15) is 18.0 Å². The first-order chi connectivity index (χ1) is 21.7. The van der Waals surface area contributed by atoms with Crippen LogP contribution < -0.4 is 14.9 Å². The topological polar surface area (TPSA) is 112 Å². The van der Waals surface area contributed by atoms with Crippen LogP contribution in [0, 0.1) is 19.3 Å². The van der Waals surface area contributed by atoms with Crippen LogP contribution in [0.25, 0.3) is 17.1 Å². The van der Waals surface area contributed by atoms with Gasteiger partial charge in [-0.3, -0.25) is 10.2 Å². The third-order valence-electron chi connectivity index (χ3n) is 6.28. The van der Waals surface area contributed by atoms with Gasteiger partial charge in [-0.1, -0.05) is 24.3 Å². The zero-order valence-corrected chi connectivity index (χ0v) is 26.9. The zero-order valence-electron chi connectivity index (χ0n) is 26.0. The van der Waals surface area contributed by atoms with Gasteiger partial charge in [0, 0.05) is 5.56 Å². The molecule has 46 heavy (non-hydrogen) atoms. The Bertz CT molecular complexity index is 1690. The molecule has 0 aliphatic carbocycles.